The molecule has 2 heterocycles. The lowest BCUT2D eigenvalue weighted by Gasteiger charge is -2.17. The van der Waals surface area contributed by atoms with Gasteiger partial charge in [0, 0.05) is 18.8 Å². The van der Waals surface area contributed by atoms with Crippen molar-refractivity contribution in [1.29, 1.82) is 0 Å². The van der Waals surface area contributed by atoms with Crippen LogP contribution in [0.1, 0.15) is 25.8 Å². The zero-order chi connectivity index (χ0) is 13.1. The number of anilines is 1. The first-order valence-corrected chi connectivity index (χ1v) is 6.38. The number of fused-ring (bicyclic) bond motifs is 1. The van der Waals surface area contributed by atoms with Gasteiger partial charge in [0.15, 0.2) is 5.65 Å². The van der Waals surface area contributed by atoms with Gasteiger partial charge in [0.25, 0.3) is 0 Å². The van der Waals surface area contributed by atoms with Crippen molar-refractivity contribution >= 4 is 11.6 Å². The number of nitrogens with two attached hydrogens (primary N) is 1. The van der Waals surface area contributed by atoms with Crippen LogP contribution < -0.4 is 11.1 Å². The van der Waals surface area contributed by atoms with Gasteiger partial charge < -0.3 is 11.1 Å². The fourth-order valence-electron chi connectivity index (χ4n) is 2.01. The normalized spacial score (nSPS) is 13.2. The molecule has 2 aromatic heterocycles. The Balaban J connectivity index is 2.15. The van der Waals surface area contributed by atoms with E-state index in [2.05, 4.69) is 29.2 Å². The third kappa shape index (κ3) is 2.98. The molecule has 5 nitrogen and oxygen atoms in total. The first kappa shape index (κ1) is 12.8. The Morgan fingerprint density at radius 2 is 2.22 bits per heavy atom. The smallest absolute Gasteiger partial charge is 0.243 e. The van der Waals surface area contributed by atoms with Gasteiger partial charge >= 0.3 is 0 Å². The summed E-state index contributed by atoms with van der Waals surface area (Å²) in [6.07, 6.45) is 2.94. The summed E-state index contributed by atoms with van der Waals surface area (Å²) in [4.78, 5) is 4.45. The third-order valence-corrected chi connectivity index (χ3v) is 2.87. The number of nitrogens with zero attached hydrogens (tertiary/aromatic N) is 3. The van der Waals surface area contributed by atoms with Gasteiger partial charge in [0.1, 0.15) is 0 Å². The molecule has 3 N–H and O–H groups in total. The molecule has 1 unspecified atom stereocenters. The molecular weight excluding hydrogens is 226 g/mol. The molecule has 0 aliphatic rings. The van der Waals surface area contributed by atoms with Crippen molar-refractivity contribution in [2.75, 3.05) is 11.9 Å². The van der Waals surface area contributed by atoms with Gasteiger partial charge in [-0.1, -0.05) is 13.8 Å². The van der Waals surface area contributed by atoms with E-state index in [0.717, 1.165) is 12.1 Å². The summed E-state index contributed by atoms with van der Waals surface area (Å²) in [6.45, 7) is 7.01. The highest BCUT2D eigenvalue weighted by Crippen LogP contribution is 2.11. The summed E-state index contributed by atoms with van der Waals surface area (Å²) in [7, 11) is 0. The van der Waals surface area contributed by atoms with Crippen LogP contribution in [0.3, 0.4) is 0 Å². The Morgan fingerprint density at radius 1 is 1.44 bits per heavy atom. The Kier molecular flexibility index (Phi) is 3.81. The Morgan fingerprint density at radius 3 is 2.89 bits per heavy atom. The lowest BCUT2D eigenvalue weighted by Crippen LogP contribution is -2.30. The molecule has 1 atom stereocenters. The van der Waals surface area contributed by atoms with Crippen LogP contribution in [0.2, 0.25) is 0 Å². The summed E-state index contributed by atoms with van der Waals surface area (Å²) in [5.74, 6) is 1.25. The van der Waals surface area contributed by atoms with E-state index in [1.54, 1.807) is 4.52 Å². The van der Waals surface area contributed by atoms with Crippen molar-refractivity contribution in [2.45, 2.75) is 33.2 Å². The molecule has 0 aliphatic carbocycles. The number of hydrogen-bond donors (Lipinski definition) is 2. The predicted octanol–water partition coefficient (Wildman–Crippen LogP) is 1.82. The molecule has 0 amide bonds. The van der Waals surface area contributed by atoms with Crippen LogP contribution in [0.5, 0.6) is 0 Å². The van der Waals surface area contributed by atoms with Crippen LogP contribution in [-0.2, 0) is 0 Å². The third-order valence-electron chi connectivity index (χ3n) is 2.87. The van der Waals surface area contributed by atoms with Gasteiger partial charge in [-0.15, -0.1) is 5.10 Å². The quantitative estimate of drug-likeness (QED) is 0.845. The van der Waals surface area contributed by atoms with Crippen LogP contribution >= 0.6 is 0 Å². The molecule has 5 heteroatoms. The van der Waals surface area contributed by atoms with E-state index >= 15 is 0 Å². The first-order chi connectivity index (χ1) is 8.58. The van der Waals surface area contributed by atoms with Gasteiger partial charge in [0.05, 0.1) is 0 Å². The SMILES string of the molecule is Cc1ccn2nc(NC(CN)CC(C)C)nc2c1. The average molecular weight is 247 g/mol. The fourth-order valence-corrected chi connectivity index (χ4v) is 2.01. The molecule has 0 bridgehead atoms. The molecule has 98 valence electrons. The number of nitrogens with one attached hydrogen (secondary N) is 1. The standard InChI is InChI=1S/C13H21N5/c1-9(2)6-11(8-14)15-13-16-12-7-10(3)4-5-18(12)17-13/h4-5,7,9,11H,6,8,14H2,1-3H3,(H,15,17). The highest BCUT2D eigenvalue weighted by Gasteiger charge is 2.11. The monoisotopic (exact) mass is 247 g/mol. The number of aromatic nitrogens is 3. The van der Waals surface area contributed by atoms with Gasteiger partial charge in [-0.3, -0.25) is 0 Å². The zero-order valence-electron chi connectivity index (χ0n) is 11.2. The fraction of sp³-hybridized carbons (Fsp3) is 0.538. The van der Waals surface area contributed by atoms with Gasteiger partial charge in [-0.25, -0.2) is 4.52 Å². The molecule has 2 aromatic rings. The molecule has 0 saturated heterocycles. The average Bonchev–Trinajstić information content (AvgIpc) is 2.68. The maximum absolute atomic E-state index is 5.76. The van der Waals surface area contributed by atoms with Crippen molar-refractivity contribution in [3.63, 3.8) is 0 Å². The predicted molar refractivity (Wildman–Crippen MR) is 73.6 cm³/mol. The van der Waals surface area contributed by atoms with E-state index in [0.29, 0.717) is 18.4 Å². The molecule has 2 rings (SSSR count). The summed E-state index contributed by atoms with van der Waals surface area (Å²) in [5, 5.41) is 7.69. The topological polar surface area (TPSA) is 68.2 Å². The minimum absolute atomic E-state index is 0.225. The molecule has 0 fully saturated rings. The maximum atomic E-state index is 5.76. The van der Waals surface area contributed by atoms with E-state index in [1.165, 1.54) is 5.56 Å². The molecule has 0 spiro atoms. The van der Waals surface area contributed by atoms with Crippen molar-refractivity contribution in [3.05, 3.63) is 23.9 Å². The van der Waals surface area contributed by atoms with Crippen molar-refractivity contribution in [3.8, 4) is 0 Å². The van der Waals surface area contributed by atoms with E-state index in [-0.39, 0.29) is 6.04 Å². The summed E-state index contributed by atoms with van der Waals surface area (Å²) >= 11 is 0. The maximum Gasteiger partial charge on any atom is 0.243 e. The number of rotatable bonds is 5. The molecule has 0 radical (unpaired) electrons. The van der Waals surface area contributed by atoms with Crippen molar-refractivity contribution < 1.29 is 0 Å². The summed E-state index contributed by atoms with van der Waals surface area (Å²) in [5.41, 5.74) is 7.80. The molecule has 0 aromatic carbocycles. The van der Waals surface area contributed by atoms with Crippen molar-refractivity contribution in [1.82, 2.24) is 14.6 Å². The van der Waals surface area contributed by atoms with E-state index < -0.39 is 0 Å². The number of pyridine rings is 1. The van der Waals surface area contributed by atoms with Gasteiger partial charge in [0.2, 0.25) is 5.95 Å². The molecule has 18 heavy (non-hydrogen) atoms. The largest absolute Gasteiger partial charge is 0.349 e. The zero-order valence-corrected chi connectivity index (χ0v) is 11.2. The molecular formula is C13H21N5. The van der Waals surface area contributed by atoms with Crippen LogP contribution in [0.15, 0.2) is 18.3 Å². The second kappa shape index (κ2) is 5.35. The van der Waals surface area contributed by atoms with Crippen LogP contribution in [0, 0.1) is 12.8 Å². The lowest BCUT2D eigenvalue weighted by atomic mass is 10.0. The van der Waals surface area contributed by atoms with Gasteiger partial charge in [-0.2, -0.15) is 4.98 Å². The Bertz CT molecular complexity index is 517. The van der Waals surface area contributed by atoms with Crippen molar-refractivity contribution in [2.24, 2.45) is 11.7 Å². The van der Waals surface area contributed by atoms with Crippen LogP contribution in [0.25, 0.3) is 5.65 Å². The molecule has 0 aliphatic heterocycles. The molecule has 0 saturated carbocycles. The highest BCUT2D eigenvalue weighted by molar-refractivity contribution is 5.45. The summed E-state index contributed by atoms with van der Waals surface area (Å²) < 4.78 is 1.78. The second-order valence-electron chi connectivity index (χ2n) is 5.15. The first-order valence-electron chi connectivity index (χ1n) is 6.38. The van der Waals surface area contributed by atoms with Crippen LogP contribution in [0.4, 0.5) is 5.95 Å². The Hall–Kier alpha value is -1.62. The minimum Gasteiger partial charge on any atom is -0.349 e. The van der Waals surface area contributed by atoms with Gasteiger partial charge in [-0.05, 0) is 37.0 Å². The minimum atomic E-state index is 0.225. The van der Waals surface area contributed by atoms with Crippen LogP contribution in [-0.4, -0.2) is 27.2 Å². The number of aryl methyl sites for hydroxylation is 1. The van der Waals surface area contributed by atoms with E-state index in [1.807, 2.05) is 25.3 Å². The van der Waals surface area contributed by atoms with E-state index in [4.69, 9.17) is 5.73 Å². The Labute approximate surface area is 107 Å². The lowest BCUT2D eigenvalue weighted by molar-refractivity contribution is 0.520. The highest BCUT2D eigenvalue weighted by atomic mass is 15.3. The van der Waals surface area contributed by atoms with E-state index in [9.17, 15) is 0 Å². The summed E-state index contributed by atoms with van der Waals surface area (Å²) in [6, 6.07) is 4.25. The number of hydrogen-bond acceptors (Lipinski definition) is 4. The second-order valence-corrected chi connectivity index (χ2v) is 5.15.